The third kappa shape index (κ3) is 7.22. The maximum Gasteiger partial charge on any atom is 0.478 e. The normalized spacial score (nSPS) is 36.9. The molecule has 0 aromatic heterocycles. The lowest BCUT2D eigenvalue weighted by Crippen LogP contribution is -2.54. The van der Waals surface area contributed by atoms with Crippen molar-refractivity contribution in [3.05, 3.63) is 24.2 Å². The van der Waals surface area contributed by atoms with Crippen LogP contribution in [0.15, 0.2) is 24.2 Å². The molecule has 206 valence electrons. The number of rotatable bonds is 9. The minimum Gasteiger partial charge on any atom is -0.756 e. The number of nitrogens with one attached hydrogen (secondary N) is 1. The smallest absolute Gasteiger partial charge is 0.478 e. The standard InChI is InChI=1S/C19H33N3O12P2/c1-10-8-22(12(3)20-18(10)25)16-7-14(23)15(32-16)9-30-35(26,27)34-36(28,29)33-19-17(24)13(21(4)5)6-11(2)31-19/h8,11,13-17,19,23-24H,3,6-7,9H2,1-2,4-5H3,(H,20,25)(H,26,27)(H,28,29)/p-1/t11?,13-,14?,15+,16+,17?,19+/m0/s1. The van der Waals surface area contributed by atoms with Crippen LogP contribution in [0.25, 0.3) is 0 Å². The summed E-state index contributed by atoms with van der Waals surface area (Å²) in [6.07, 6.45) is -4.66. The molecule has 2 saturated heterocycles. The van der Waals surface area contributed by atoms with Crippen LogP contribution < -0.4 is 10.2 Å². The number of hydrogen-bond acceptors (Lipinski definition) is 13. The molecule has 5 unspecified atom stereocenters. The van der Waals surface area contributed by atoms with Gasteiger partial charge in [0.05, 0.1) is 18.8 Å². The highest BCUT2D eigenvalue weighted by atomic mass is 31.3. The van der Waals surface area contributed by atoms with Gasteiger partial charge in [-0.2, -0.15) is 0 Å². The molecule has 3 aliphatic rings. The molecule has 1 amide bonds. The molecule has 0 spiro atoms. The van der Waals surface area contributed by atoms with Crippen molar-refractivity contribution in [2.75, 3.05) is 20.7 Å². The van der Waals surface area contributed by atoms with Gasteiger partial charge in [-0.25, -0.2) is 8.88 Å². The number of ether oxygens (including phenoxy) is 2. The lowest BCUT2D eigenvalue weighted by atomic mass is 9.99. The van der Waals surface area contributed by atoms with Crippen LogP contribution in [0.3, 0.4) is 0 Å². The molecule has 3 rings (SSSR count). The quantitative estimate of drug-likeness (QED) is 0.260. The number of hydrogen-bond donors (Lipinski definition) is 4. The number of aliphatic hydroxyl groups excluding tert-OH is 2. The van der Waals surface area contributed by atoms with Crippen LogP contribution in [0.1, 0.15) is 26.7 Å². The van der Waals surface area contributed by atoms with Gasteiger partial charge in [0.1, 0.15) is 24.3 Å². The van der Waals surface area contributed by atoms with Gasteiger partial charge in [0.15, 0.2) is 6.29 Å². The highest BCUT2D eigenvalue weighted by molar-refractivity contribution is 7.60. The van der Waals surface area contributed by atoms with Crippen molar-refractivity contribution in [1.82, 2.24) is 15.1 Å². The van der Waals surface area contributed by atoms with Crippen LogP contribution in [0.2, 0.25) is 0 Å². The molecule has 3 aliphatic heterocycles. The molecule has 17 heteroatoms. The first-order valence-corrected chi connectivity index (χ1v) is 14.0. The molecule has 0 aromatic rings. The Balaban J connectivity index is 1.56. The maximum atomic E-state index is 12.3. The van der Waals surface area contributed by atoms with Crippen LogP contribution in [-0.4, -0.2) is 94.5 Å². The monoisotopic (exact) mass is 556 g/mol. The van der Waals surface area contributed by atoms with E-state index in [2.05, 4.69) is 16.2 Å². The largest absolute Gasteiger partial charge is 0.756 e. The first kappa shape index (κ1) is 29.4. The summed E-state index contributed by atoms with van der Waals surface area (Å²) in [6.45, 7) is 6.23. The van der Waals surface area contributed by atoms with Crippen molar-refractivity contribution in [2.45, 2.75) is 69.7 Å². The topological polar surface area (TPSA) is 200 Å². The molecular weight excluding hydrogens is 524 g/mol. The molecule has 2 fully saturated rings. The molecule has 0 radical (unpaired) electrons. The number of amides is 1. The van der Waals surface area contributed by atoms with Gasteiger partial charge in [-0.1, -0.05) is 6.58 Å². The van der Waals surface area contributed by atoms with E-state index in [-0.39, 0.29) is 18.1 Å². The Kier molecular flexibility index (Phi) is 9.20. The van der Waals surface area contributed by atoms with Crippen LogP contribution >= 0.6 is 15.6 Å². The first-order chi connectivity index (χ1) is 16.6. The molecule has 4 N–H and O–H groups in total. The summed E-state index contributed by atoms with van der Waals surface area (Å²) >= 11 is 0. The van der Waals surface area contributed by atoms with Gasteiger partial charge in [-0.15, -0.1) is 0 Å². The van der Waals surface area contributed by atoms with E-state index in [0.717, 1.165) is 0 Å². The summed E-state index contributed by atoms with van der Waals surface area (Å²) in [4.78, 5) is 37.1. The average Bonchev–Trinajstić information content (AvgIpc) is 3.10. The SMILES string of the molecule is C=C1NC(=O)C(C)=CN1[C@H]1CC(O)[C@@H](COP(=O)(O)OP(=O)([O-])O[C@H]2OC(C)C[C@H](N(C)C)C2O)O1. The molecule has 0 aliphatic carbocycles. The maximum absolute atomic E-state index is 12.3. The zero-order chi connectivity index (χ0) is 27.0. The molecule has 3 heterocycles. The third-order valence-electron chi connectivity index (χ3n) is 5.89. The Bertz CT molecular complexity index is 977. The fourth-order valence-electron chi connectivity index (χ4n) is 4.03. The summed E-state index contributed by atoms with van der Waals surface area (Å²) < 4.78 is 49.2. The first-order valence-electron chi connectivity index (χ1n) is 11.1. The fraction of sp³-hybridized carbons (Fsp3) is 0.737. The van der Waals surface area contributed by atoms with Gasteiger partial charge >= 0.3 is 7.82 Å². The summed E-state index contributed by atoms with van der Waals surface area (Å²) in [5.41, 5.74) is 0.373. The lowest BCUT2D eigenvalue weighted by molar-refractivity contribution is -0.270. The number of likely N-dealkylation sites (N-methyl/N-ethyl adjacent to an activating group) is 1. The Morgan fingerprint density at radius 1 is 1.31 bits per heavy atom. The van der Waals surface area contributed by atoms with Gasteiger partial charge < -0.3 is 44.6 Å². The van der Waals surface area contributed by atoms with Gasteiger partial charge in [0, 0.05) is 24.2 Å². The Morgan fingerprint density at radius 2 is 1.97 bits per heavy atom. The van der Waals surface area contributed by atoms with Gasteiger partial charge in [-0.05, 0) is 34.4 Å². The number of phosphoric acid groups is 2. The summed E-state index contributed by atoms with van der Waals surface area (Å²) in [6, 6.07) is -0.493. The van der Waals surface area contributed by atoms with Crippen molar-refractivity contribution >= 4 is 21.6 Å². The number of aliphatic hydroxyl groups is 2. The molecule has 0 bridgehead atoms. The van der Waals surface area contributed by atoms with E-state index in [1.54, 1.807) is 32.8 Å². The number of carbonyl (C=O) groups excluding carboxylic acids is 1. The van der Waals surface area contributed by atoms with E-state index >= 15 is 0 Å². The minimum atomic E-state index is -5.50. The Morgan fingerprint density at radius 3 is 2.61 bits per heavy atom. The van der Waals surface area contributed by atoms with Crippen LogP contribution in [0, 0.1) is 0 Å². The second kappa shape index (κ2) is 11.3. The van der Waals surface area contributed by atoms with Crippen molar-refractivity contribution in [3.63, 3.8) is 0 Å². The predicted octanol–water partition coefficient (Wildman–Crippen LogP) is -0.686. The van der Waals surface area contributed by atoms with Gasteiger partial charge in [0.2, 0.25) is 0 Å². The van der Waals surface area contributed by atoms with Crippen LogP contribution in [0.4, 0.5) is 0 Å². The summed E-state index contributed by atoms with van der Waals surface area (Å²) in [5, 5.41) is 23.2. The Labute approximate surface area is 208 Å². The second-order valence-corrected chi connectivity index (χ2v) is 12.0. The molecular formula is C19H32N3O12P2-. The van der Waals surface area contributed by atoms with Gasteiger partial charge in [-0.3, -0.25) is 18.4 Å². The second-order valence-electron chi connectivity index (χ2n) is 9.02. The van der Waals surface area contributed by atoms with Crippen LogP contribution in [0.5, 0.6) is 0 Å². The lowest BCUT2D eigenvalue weighted by Gasteiger charge is -2.42. The summed E-state index contributed by atoms with van der Waals surface area (Å²) in [7, 11) is -7.38. The van der Waals surface area contributed by atoms with Gasteiger partial charge in [0.25, 0.3) is 13.7 Å². The zero-order valence-electron chi connectivity index (χ0n) is 20.3. The van der Waals surface area contributed by atoms with E-state index in [0.29, 0.717) is 12.0 Å². The Hall–Kier alpha value is -1.19. The minimum absolute atomic E-state index is 0.0363. The van der Waals surface area contributed by atoms with E-state index in [4.69, 9.17) is 18.5 Å². The highest BCUT2D eigenvalue weighted by Crippen LogP contribution is 2.59. The molecule has 0 aromatic carbocycles. The van der Waals surface area contributed by atoms with E-state index in [1.807, 2.05) is 0 Å². The molecule has 9 atom stereocenters. The van der Waals surface area contributed by atoms with Crippen molar-refractivity contribution in [1.29, 1.82) is 0 Å². The summed E-state index contributed by atoms with van der Waals surface area (Å²) in [5.74, 6) is -0.127. The molecule has 0 saturated carbocycles. The number of carbonyl (C=O) groups is 1. The molecule has 15 nitrogen and oxygen atoms in total. The van der Waals surface area contributed by atoms with Crippen LogP contribution in [-0.2, 0) is 36.8 Å². The predicted molar refractivity (Wildman–Crippen MR) is 120 cm³/mol. The van der Waals surface area contributed by atoms with Crippen molar-refractivity contribution < 1.29 is 56.8 Å². The number of nitrogens with zero attached hydrogens (tertiary/aromatic N) is 2. The molecule has 36 heavy (non-hydrogen) atoms. The number of phosphoric ester groups is 2. The van der Waals surface area contributed by atoms with E-state index < -0.39 is 65.2 Å². The van der Waals surface area contributed by atoms with Crippen molar-refractivity contribution in [3.8, 4) is 0 Å². The zero-order valence-corrected chi connectivity index (χ0v) is 22.0. The third-order valence-corrected chi connectivity index (χ3v) is 8.46. The fourth-order valence-corrected chi connectivity index (χ4v) is 6.14. The van der Waals surface area contributed by atoms with E-state index in [1.165, 1.54) is 11.1 Å². The van der Waals surface area contributed by atoms with E-state index in [9.17, 15) is 33.9 Å². The van der Waals surface area contributed by atoms with Crippen molar-refractivity contribution in [2.24, 2.45) is 0 Å². The average molecular weight is 556 g/mol. The highest BCUT2D eigenvalue weighted by Gasteiger charge is 2.43.